The van der Waals surface area contributed by atoms with Crippen molar-refractivity contribution in [2.24, 2.45) is 5.92 Å². The van der Waals surface area contributed by atoms with Crippen LogP contribution >= 0.6 is 11.3 Å². The average molecular weight is 486 g/mol. The molecule has 1 fully saturated rings. The molecule has 0 radical (unpaired) electrons. The topological polar surface area (TPSA) is 89.9 Å². The Hall–Kier alpha value is -2.98. The minimum absolute atomic E-state index is 0.0730. The predicted octanol–water partition coefficient (Wildman–Crippen LogP) is 3.43. The molecule has 0 spiro atoms. The van der Waals surface area contributed by atoms with Gasteiger partial charge in [-0.3, -0.25) is 9.69 Å². The first-order chi connectivity index (χ1) is 16.4. The van der Waals surface area contributed by atoms with Crippen molar-refractivity contribution in [2.75, 3.05) is 46.4 Å². The lowest BCUT2D eigenvalue weighted by atomic mass is 9.97. The van der Waals surface area contributed by atoms with Gasteiger partial charge in [-0.25, -0.2) is 15.0 Å². The first-order valence-electron chi connectivity index (χ1n) is 11.3. The van der Waals surface area contributed by atoms with E-state index in [4.69, 9.17) is 24.2 Å². The summed E-state index contributed by atoms with van der Waals surface area (Å²) in [6.07, 6.45) is 1.45. The maximum Gasteiger partial charge on any atom is 0.308 e. The van der Waals surface area contributed by atoms with Crippen LogP contribution in [0.5, 0.6) is 11.5 Å². The molecular weight excluding hydrogens is 454 g/mol. The maximum atomic E-state index is 12.0. The molecule has 0 aliphatic carbocycles. The number of benzene rings is 1. The van der Waals surface area contributed by atoms with Crippen LogP contribution in [0.4, 0.5) is 5.82 Å². The number of thiazole rings is 1. The second-order valence-electron chi connectivity index (χ2n) is 8.50. The van der Waals surface area contributed by atoms with E-state index in [1.54, 1.807) is 25.6 Å². The molecule has 0 saturated carbocycles. The number of piperidine rings is 1. The van der Waals surface area contributed by atoms with Crippen molar-refractivity contribution in [3.8, 4) is 11.5 Å². The molecule has 4 rings (SSSR count). The zero-order valence-electron chi connectivity index (χ0n) is 20.3. The predicted molar refractivity (Wildman–Crippen MR) is 132 cm³/mol. The monoisotopic (exact) mass is 485 g/mol. The van der Waals surface area contributed by atoms with Crippen molar-refractivity contribution in [3.63, 3.8) is 0 Å². The van der Waals surface area contributed by atoms with Crippen molar-refractivity contribution in [2.45, 2.75) is 32.9 Å². The van der Waals surface area contributed by atoms with Crippen LogP contribution in [0.2, 0.25) is 0 Å². The number of hydrogen-bond acceptors (Lipinski definition) is 10. The highest BCUT2D eigenvalue weighted by molar-refractivity contribution is 7.09. The van der Waals surface area contributed by atoms with Crippen LogP contribution in [0.1, 0.15) is 29.4 Å². The SMILES string of the molecule is COC(=O)C1CCN(c2nc(CN(C)Cc3csc(C)n3)nc3cc(OC)c(OC)cc23)CC1. The third-order valence-corrected chi connectivity index (χ3v) is 6.89. The van der Waals surface area contributed by atoms with E-state index in [-0.39, 0.29) is 11.9 Å². The molecule has 1 aromatic carbocycles. The largest absolute Gasteiger partial charge is 0.493 e. The molecule has 3 aromatic rings. The summed E-state index contributed by atoms with van der Waals surface area (Å²) < 4.78 is 16.0. The van der Waals surface area contributed by atoms with Crippen molar-refractivity contribution in [1.29, 1.82) is 0 Å². The Morgan fingerprint density at radius 3 is 2.41 bits per heavy atom. The lowest BCUT2D eigenvalue weighted by molar-refractivity contribution is -0.146. The first kappa shape index (κ1) is 24.2. The number of ether oxygens (including phenoxy) is 3. The summed E-state index contributed by atoms with van der Waals surface area (Å²) in [7, 11) is 6.73. The summed E-state index contributed by atoms with van der Waals surface area (Å²) in [6, 6.07) is 3.83. The number of methoxy groups -OCH3 is 3. The molecule has 34 heavy (non-hydrogen) atoms. The van der Waals surface area contributed by atoms with E-state index < -0.39 is 0 Å². The lowest BCUT2D eigenvalue weighted by Gasteiger charge is -2.32. The van der Waals surface area contributed by atoms with Crippen LogP contribution in [-0.2, 0) is 22.6 Å². The van der Waals surface area contributed by atoms with Gasteiger partial charge in [-0.05, 0) is 32.9 Å². The summed E-state index contributed by atoms with van der Waals surface area (Å²) in [6.45, 7) is 4.74. The standard InChI is InChI=1S/C24H31N5O4S/c1-15-25-17(14-34-15)12-28(2)13-22-26-19-11-21(32-4)20(31-3)10-18(19)23(27-22)29-8-6-16(7-9-29)24(30)33-5/h10-11,14,16H,6-9,12-13H2,1-5H3. The van der Waals surface area contributed by atoms with Gasteiger partial charge in [0.2, 0.25) is 0 Å². The molecule has 10 heteroatoms. The normalized spacial score (nSPS) is 14.6. The van der Waals surface area contributed by atoms with E-state index in [9.17, 15) is 4.79 Å². The van der Waals surface area contributed by atoms with Gasteiger partial charge in [0.15, 0.2) is 11.5 Å². The Morgan fingerprint density at radius 2 is 1.79 bits per heavy atom. The number of carbonyl (C=O) groups is 1. The fourth-order valence-corrected chi connectivity index (χ4v) is 4.95. The van der Waals surface area contributed by atoms with Gasteiger partial charge in [0.05, 0.1) is 50.0 Å². The minimum Gasteiger partial charge on any atom is -0.493 e. The van der Waals surface area contributed by atoms with E-state index in [1.165, 1.54) is 7.11 Å². The van der Waals surface area contributed by atoms with Crippen molar-refractivity contribution >= 4 is 34.0 Å². The van der Waals surface area contributed by atoms with E-state index in [1.807, 2.05) is 26.1 Å². The zero-order valence-corrected chi connectivity index (χ0v) is 21.1. The number of anilines is 1. The van der Waals surface area contributed by atoms with Crippen LogP contribution in [0, 0.1) is 12.8 Å². The molecule has 1 saturated heterocycles. The molecule has 0 N–H and O–H groups in total. The Labute approximate surface area is 203 Å². The van der Waals surface area contributed by atoms with Crippen molar-refractivity contribution < 1.29 is 19.0 Å². The van der Waals surface area contributed by atoms with E-state index in [0.717, 1.165) is 52.6 Å². The maximum absolute atomic E-state index is 12.0. The summed E-state index contributed by atoms with van der Waals surface area (Å²) >= 11 is 1.65. The molecule has 2 aromatic heterocycles. The molecule has 9 nitrogen and oxygen atoms in total. The fraction of sp³-hybridized carbons (Fsp3) is 0.500. The summed E-state index contributed by atoms with van der Waals surface area (Å²) in [5.74, 6) is 2.62. The van der Waals surface area contributed by atoms with Gasteiger partial charge in [0, 0.05) is 36.5 Å². The molecule has 0 atom stereocenters. The summed E-state index contributed by atoms with van der Waals surface area (Å²) in [4.78, 5) is 30.8. The number of carbonyl (C=O) groups excluding carboxylic acids is 1. The molecule has 3 heterocycles. The molecule has 0 unspecified atom stereocenters. The third kappa shape index (κ3) is 5.23. The Kier molecular flexibility index (Phi) is 7.47. The minimum atomic E-state index is -0.141. The first-order valence-corrected chi connectivity index (χ1v) is 12.1. The highest BCUT2D eigenvalue weighted by Crippen LogP contribution is 2.36. The summed E-state index contributed by atoms with van der Waals surface area (Å²) in [5, 5.41) is 4.04. The van der Waals surface area contributed by atoms with E-state index in [2.05, 4.69) is 20.2 Å². The second kappa shape index (κ2) is 10.5. The van der Waals surface area contributed by atoms with Crippen molar-refractivity contribution in [3.05, 3.63) is 34.0 Å². The average Bonchev–Trinajstić information content (AvgIpc) is 3.26. The Bertz CT molecular complexity index is 1160. The smallest absolute Gasteiger partial charge is 0.308 e. The Balaban J connectivity index is 1.66. The highest BCUT2D eigenvalue weighted by Gasteiger charge is 2.28. The molecule has 182 valence electrons. The lowest BCUT2D eigenvalue weighted by Crippen LogP contribution is -2.37. The van der Waals surface area contributed by atoms with Crippen molar-refractivity contribution in [1.82, 2.24) is 19.9 Å². The number of esters is 1. The van der Waals surface area contributed by atoms with Crippen LogP contribution in [-0.4, -0.2) is 67.3 Å². The van der Waals surface area contributed by atoms with Crippen LogP contribution in [0.25, 0.3) is 10.9 Å². The molecule has 0 bridgehead atoms. The van der Waals surface area contributed by atoms with Gasteiger partial charge < -0.3 is 19.1 Å². The molecule has 1 aliphatic rings. The highest BCUT2D eigenvalue weighted by atomic mass is 32.1. The van der Waals surface area contributed by atoms with Gasteiger partial charge in [-0.1, -0.05) is 0 Å². The van der Waals surface area contributed by atoms with E-state index >= 15 is 0 Å². The van der Waals surface area contributed by atoms with Gasteiger partial charge in [0.25, 0.3) is 0 Å². The van der Waals surface area contributed by atoms with Gasteiger partial charge >= 0.3 is 5.97 Å². The van der Waals surface area contributed by atoms with Crippen LogP contribution < -0.4 is 14.4 Å². The third-order valence-electron chi connectivity index (χ3n) is 6.07. The number of fused-ring (bicyclic) bond motifs is 1. The zero-order chi connectivity index (χ0) is 24.2. The number of nitrogens with zero attached hydrogens (tertiary/aromatic N) is 5. The van der Waals surface area contributed by atoms with Crippen LogP contribution in [0.15, 0.2) is 17.5 Å². The molecular formula is C24H31N5O4S. The van der Waals surface area contributed by atoms with Gasteiger partial charge in [0.1, 0.15) is 11.6 Å². The molecule has 1 aliphatic heterocycles. The number of rotatable bonds is 8. The number of aryl methyl sites for hydroxylation is 1. The Morgan fingerprint density at radius 1 is 1.09 bits per heavy atom. The quantitative estimate of drug-likeness (QED) is 0.445. The van der Waals surface area contributed by atoms with E-state index in [0.29, 0.717) is 31.1 Å². The number of hydrogen-bond donors (Lipinski definition) is 0. The van der Waals surface area contributed by atoms with Gasteiger partial charge in [-0.2, -0.15) is 0 Å². The number of aromatic nitrogens is 3. The van der Waals surface area contributed by atoms with Gasteiger partial charge in [-0.15, -0.1) is 11.3 Å². The summed E-state index contributed by atoms with van der Waals surface area (Å²) in [5.41, 5.74) is 1.84. The van der Waals surface area contributed by atoms with Crippen LogP contribution in [0.3, 0.4) is 0 Å². The fourth-order valence-electron chi connectivity index (χ4n) is 4.35. The second-order valence-corrected chi connectivity index (χ2v) is 9.56. The molecule has 0 amide bonds.